The van der Waals surface area contributed by atoms with Gasteiger partial charge in [0.05, 0.1) is 4.90 Å². The van der Waals surface area contributed by atoms with Crippen LogP contribution in [0.25, 0.3) is 0 Å². The van der Waals surface area contributed by atoms with Crippen molar-refractivity contribution < 1.29 is 8.42 Å². The van der Waals surface area contributed by atoms with Gasteiger partial charge in [0.15, 0.2) is 0 Å². The molecule has 26 heavy (non-hydrogen) atoms. The maximum Gasteiger partial charge on any atom is 0.243 e. The van der Waals surface area contributed by atoms with E-state index in [2.05, 4.69) is 5.32 Å². The number of nitrogens with one attached hydrogen (secondary N) is 1. The standard InChI is InChI=1S/C21H32N2O2S/c1-3-23(4-2)26(24,25)17-10-8-15(9-11-17)14-22-21-13-16-12-20(21)19-7-5-6-18(16)19/h8-11,16,18-22H,3-7,12-14H2,1-2H3/t16-,18-,19+,20+,21+/m1/s1. The lowest BCUT2D eigenvalue weighted by Gasteiger charge is -2.32. The van der Waals surface area contributed by atoms with Crippen LogP contribution in [0.2, 0.25) is 0 Å². The van der Waals surface area contributed by atoms with Crippen LogP contribution in [0.1, 0.15) is 51.5 Å². The summed E-state index contributed by atoms with van der Waals surface area (Å²) in [4.78, 5) is 0.402. The van der Waals surface area contributed by atoms with Crippen molar-refractivity contribution in [3.05, 3.63) is 29.8 Å². The highest BCUT2D eigenvalue weighted by Crippen LogP contribution is 2.58. The van der Waals surface area contributed by atoms with Gasteiger partial charge < -0.3 is 5.32 Å². The van der Waals surface area contributed by atoms with Crippen LogP contribution in [0.4, 0.5) is 0 Å². The Morgan fingerprint density at radius 2 is 1.69 bits per heavy atom. The minimum atomic E-state index is -3.35. The summed E-state index contributed by atoms with van der Waals surface area (Å²) in [5.41, 5.74) is 1.18. The minimum absolute atomic E-state index is 0.402. The van der Waals surface area contributed by atoms with Gasteiger partial charge in [0.2, 0.25) is 10.0 Å². The van der Waals surface area contributed by atoms with Crippen molar-refractivity contribution in [2.24, 2.45) is 23.7 Å². The molecule has 3 aliphatic carbocycles. The van der Waals surface area contributed by atoms with Crippen LogP contribution >= 0.6 is 0 Å². The molecule has 0 aromatic heterocycles. The molecule has 0 radical (unpaired) electrons. The van der Waals surface area contributed by atoms with Crippen molar-refractivity contribution in [2.45, 2.75) is 63.4 Å². The Morgan fingerprint density at radius 3 is 2.38 bits per heavy atom. The average molecular weight is 377 g/mol. The molecule has 5 heteroatoms. The van der Waals surface area contributed by atoms with Gasteiger partial charge in [-0.2, -0.15) is 4.31 Å². The van der Waals surface area contributed by atoms with Crippen molar-refractivity contribution in [3.8, 4) is 0 Å². The molecule has 2 bridgehead atoms. The first-order valence-electron chi connectivity index (χ1n) is 10.4. The molecule has 0 unspecified atom stereocenters. The number of fused-ring (bicyclic) bond motifs is 5. The van der Waals surface area contributed by atoms with E-state index >= 15 is 0 Å². The molecule has 4 rings (SSSR count). The molecular weight excluding hydrogens is 344 g/mol. The van der Waals surface area contributed by atoms with Crippen molar-refractivity contribution in [3.63, 3.8) is 0 Å². The molecule has 5 atom stereocenters. The highest BCUT2D eigenvalue weighted by atomic mass is 32.2. The SMILES string of the molecule is CCN(CC)S(=O)(=O)c1ccc(CN[C@H]2C[C@H]3C[C@H]2[C@H]2CCC[C@H]32)cc1. The molecule has 1 N–H and O–H groups in total. The van der Waals surface area contributed by atoms with Crippen LogP contribution in [0, 0.1) is 23.7 Å². The summed E-state index contributed by atoms with van der Waals surface area (Å²) in [6, 6.07) is 8.12. The van der Waals surface area contributed by atoms with Gasteiger partial charge in [0.1, 0.15) is 0 Å². The van der Waals surface area contributed by atoms with Crippen molar-refractivity contribution in [2.75, 3.05) is 13.1 Å². The van der Waals surface area contributed by atoms with Crippen molar-refractivity contribution >= 4 is 10.0 Å². The van der Waals surface area contributed by atoms with Crippen molar-refractivity contribution in [1.82, 2.24) is 9.62 Å². The predicted molar refractivity (Wildman–Crippen MR) is 104 cm³/mol. The quantitative estimate of drug-likeness (QED) is 0.790. The third-order valence-electron chi connectivity index (χ3n) is 7.26. The number of hydrogen-bond donors (Lipinski definition) is 1. The summed E-state index contributed by atoms with van der Waals surface area (Å²) in [5, 5.41) is 3.79. The first-order valence-corrected chi connectivity index (χ1v) is 11.8. The monoisotopic (exact) mass is 376 g/mol. The van der Waals surface area contributed by atoms with E-state index in [4.69, 9.17) is 0 Å². The zero-order chi connectivity index (χ0) is 18.3. The Bertz CT molecular complexity index is 727. The topological polar surface area (TPSA) is 49.4 Å². The predicted octanol–water partition coefficient (Wildman–Crippen LogP) is 3.63. The van der Waals surface area contributed by atoms with E-state index in [1.165, 1.54) is 42.0 Å². The second-order valence-corrected chi connectivity index (χ2v) is 10.3. The summed E-state index contributed by atoms with van der Waals surface area (Å²) >= 11 is 0. The number of rotatable bonds is 7. The fourth-order valence-corrected chi connectivity index (χ4v) is 7.50. The second kappa shape index (κ2) is 7.25. The first kappa shape index (κ1) is 18.5. The van der Waals surface area contributed by atoms with Crippen molar-refractivity contribution in [1.29, 1.82) is 0 Å². The molecule has 3 saturated carbocycles. The minimum Gasteiger partial charge on any atom is -0.310 e. The van der Waals surface area contributed by atoms with Crippen LogP contribution < -0.4 is 5.32 Å². The zero-order valence-corrected chi connectivity index (χ0v) is 16.8. The summed E-state index contributed by atoms with van der Waals surface area (Å²) in [7, 11) is -3.35. The number of sulfonamides is 1. The van der Waals surface area contributed by atoms with Gasteiger partial charge in [-0.3, -0.25) is 0 Å². The van der Waals surface area contributed by atoms with Gasteiger partial charge in [-0.15, -0.1) is 0 Å². The molecule has 0 amide bonds. The Balaban J connectivity index is 1.37. The Labute approximate surface area is 158 Å². The second-order valence-electron chi connectivity index (χ2n) is 8.37. The van der Waals surface area contributed by atoms with Crippen LogP contribution in [-0.4, -0.2) is 31.9 Å². The Kier molecular flexibility index (Phi) is 5.15. The fourth-order valence-electron chi connectivity index (χ4n) is 6.04. The Morgan fingerprint density at radius 1 is 1.00 bits per heavy atom. The van der Waals surface area contributed by atoms with E-state index in [1.54, 1.807) is 12.1 Å². The third kappa shape index (κ3) is 3.12. The van der Waals surface area contributed by atoms with E-state index < -0.39 is 10.0 Å². The smallest absolute Gasteiger partial charge is 0.243 e. The molecule has 0 aliphatic heterocycles. The van der Waals surface area contributed by atoms with Crippen LogP contribution in [-0.2, 0) is 16.6 Å². The molecule has 3 fully saturated rings. The molecule has 0 saturated heterocycles. The first-order chi connectivity index (χ1) is 12.5. The van der Waals surface area contributed by atoms with E-state index in [0.717, 1.165) is 30.2 Å². The van der Waals surface area contributed by atoms with Gasteiger partial charge in [0, 0.05) is 25.7 Å². The lowest BCUT2D eigenvalue weighted by Crippen LogP contribution is -2.38. The number of benzene rings is 1. The Hall–Kier alpha value is -0.910. The normalized spacial score (nSPS) is 33.1. The number of nitrogens with zero attached hydrogens (tertiary/aromatic N) is 1. The summed E-state index contributed by atoms with van der Waals surface area (Å²) in [5.74, 6) is 3.86. The average Bonchev–Trinajstić information content (AvgIpc) is 3.34. The highest BCUT2D eigenvalue weighted by molar-refractivity contribution is 7.89. The third-order valence-corrected chi connectivity index (χ3v) is 9.33. The van der Waals surface area contributed by atoms with E-state index in [-0.39, 0.29) is 0 Å². The lowest BCUT2D eigenvalue weighted by atomic mass is 9.79. The van der Waals surface area contributed by atoms with Gasteiger partial charge in [-0.25, -0.2) is 8.42 Å². The van der Waals surface area contributed by atoms with Gasteiger partial charge in [0.25, 0.3) is 0 Å². The van der Waals surface area contributed by atoms with Crippen LogP contribution in [0.5, 0.6) is 0 Å². The number of hydrogen-bond acceptors (Lipinski definition) is 3. The molecule has 144 valence electrons. The van der Waals surface area contributed by atoms with E-state index in [0.29, 0.717) is 24.0 Å². The molecule has 1 aromatic carbocycles. The van der Waals surface area contributed by atoms with E-state index in [1.807, 2.05) is 26.0 Å². The van der Waals surface area contributed by atoms with Gasteiger partial charge >= 0.3 is 0 Å². The largest absolute Gasteiger partial charge is 0.310 e. The lowest BCUT2D eigenvalue weighted by molar-refractivity contribution is 0.208. The summed E-state index contributed by atoms with van der Waals surface area (Å²) in [6.45, 7) is 5.62. The highest BCUT2D eigenvalue weighted by Gasteiger charge is 2.53. The molecule has 1 aromatic rings. The molecule has 4 nitrogen and oxygen atoms in total. The zero-order valence-electron chi connectivity index (χ0n) is 16.0. The maximum absolute atomic E-state index is 12.6. The van der Waals surface area contributed by atoms with Gasteiger partial charge in [-0.05, 0) is 67.1 Å². The van der Waals surface area contributed by atoms with Crippen LogP contribution in [0.15, 0.2) is 29.2 Å². The molecule has 3 aliphatic rings. The molecule has 0 spiro atoms. The van der Waals surface area contributed by atoms with E-state index in [9.17, 15) is 8.42 Å². The molecule has 0 heterocycles. The fraction of sp³-hybridized carbons (Fsp3) is 0.714. The summed E-state index contributed by atoms with van der Waals surface area (Å²) in [6.07, 6.45) is 7.15. The maximum atomic E-state index is 12.6. The summed E-state index contributed by atoms with van der Waals surface area (Å²) < 4.78 is 26.7. The molecular formula is C21H32N2O2S. The van der Waals surface area contributed by atoms with Crippen LogP contribution in [0.3, 0.4) is 0 Å². The van der Waals surface area contributed by atoms with Gasteiger partial charge in [-0.1, -0.05) is 32.4 Å².